The molecule has 0 fully saturated rings. The molecule has 160 valence electrons. The second kappa shape index (κ2) is 12.7. The van der Waals surface area contributed by atoms with Gasteiger partial charge in [0.1, 0.15) is 9.88 Å². The molecule has 7 nitrogen and oxygen atoms in total. The van der Waals surface area contributed by atoms with Gasteiger partial charge in [0.25, 0.3) is 0 Å². The third-order valence-electron chi connectivity index (χ3n) is 3.98. The van der Waals surface area contributed by atoms with Crippen molar-refractivity contribution in [2.24, 2.45) is 4.99 Å². The molecule has 0 radical (unpaired) electrons. The first kappa shape index (κ1) is 25.3. The molecule has 2 aromatic heterocycles. The third-order valence-corrected chi connectivity index (χ3v) is 5.31. The van der Waals surface area contributed by atoms with Gasteiger partial charge in [-0.05, 0) is 52.7 Å². The number of ether oxygens (including phenoxy) is 1. The third kappa shape index (κ3) is 7.88. The van der Waals surface area contributed by atoms with E-state index in [-0.39, 0.29) is 36.0 Å². The molecule has 2 rings (SSSR count). The fraction of sp³-hybridized carbons (Fsp3) is 0.500. The summed E-state index contributed by atoms with van der Waals surface area (Å²) in [5.41, 5.74) is 2.87. The Bertz CT molecular complexity index is 808. The van der Waals surface area contributed by atoms with Gasteiger partial charge >= 0.3 is 5.97 Å². The number of hydrogen-bond donors (Lipinski definition) is 2. The minimum absolute atomic E-state index is 0. The second-order valence-corrected chi connectivity index (χ2v) is 7.40. The van der Waals surface area contributed by atoms with Crippen LogP contribution >= 0.6 is 35.3 Å². The van der Waals surface area contributed by atoms with Crippen molar-refractivity contribution in [3.8, 4) is 0 Å². The SMILES string of the molecule is CCNC(=NCCc1ccc(C)nc1)NC(C)c1nc(C)c(C(=O)OCC)s1.I. The predicted molar refractivity (Wildman–Crippen MR) is 128 cm³/mol. The molecule has 9 heteroatoms. The van der Waals surface area contributed by atoms with E-state index in [0.29, 0.717) is 23.7 Å². The van der Waals surface area contributed by atoms with E-state index in [1.165, 1.54) is 11.3 Å². The number of nitrogens with zero attached hydrogens (tertiary/aromatic N) is 3. The standard InChI is InChI=1S/C20H29N5O2S.HI/c1-6-21-20(22-11-10-16-9-8-13(3)23-12-16)25-15(5)18-24-14(4)17(28-18)19(26)27-7-2;/h8-9,12,15H,6-7,10-11H2,1-5H3,(H2,21,22,25);1H. The number of aliphatic imine (C=N–C) groups is 1. The van der Waals surface area contributed by atoms with Gasteiger partial charge in [0.2, 0.25) is 0 Å². The summed E-state index contributed by atoms with van der Waals surface area (Å²) in [5.74, 6) is 0.406. The Labute approximate surface area is 193 Å². The lowest BCUT2D eigenvalue weighted by atomic mass is 10.2. The van der Waals surface area contributed by atoms with Gasteiger partial charge in [-0.15, -0.1) is 35.3 Å². The number of carbonyl (C=O) groups is 1. The zero-order chi connectivity index (χ0) is 20.5. The van der Waals surface area contributed by atoms with E-state index in [4.69, 9.17) is 4.74 Å². The summed E-state index contributed by atoms with van der Waals surface area (Å²) in [6.45, 7) is 11.4. The zero-order valence-corrected chi connectivity index (χ0v) is 20.8. The first-order chi connectivity index (χ1) is 13.4. The maximum atomic E-state index is 12.0. The maximum Gasteiger partial charge on any atom is 0.350 e. The smallest absolute Gasteiger partial charge is 0.350 e. The molecule has 2 aromatic rings. The van der Waals surface area contributed by atoms with Gasteiger partial charge in [-0.25, -0.2) is 9.78 Å². The van der Waals surface area contributed by atoms with Gasteiger partial charge in [0.15, 0.2) is 5.96 Å². The summed E-state index contributed by atoms with van der Waals surface area (Å²) in [4.78, 5) is 26.0. The summed E-state index contributed by atoms with van der Waals surface area (Å²) in [5, 5.41) is 7.44. The fourth-order valence-corrected chi connectivity index (χ4v) is 3.48. The number of pyridine rings is 1. The highest BCUT2D eigenvalue weighted by molar-refractivity contribution is 14.0. The van der Waals surface area contributed by atoms with Gasteiger partial charge < -0.3 is 15.4 Å². The van der Waals surface area contributed by atoms with Crippen molar-refractivity contribution < 1.29 is 9.53 Å². The van der Waals surface area contributed by atoms with Crippen molar-refractivity contribution in [1.82, 2.24) is 20.6 Å². The summed E-state index contributed by atoms with van der Waals surface area (Å²) in [6.07, 6.45) is 2.71. The molecular weight excluding hydrogens is 501 g/mol. The fourth-order valence-electron chi connectivity index (χ4n) is 2.52. The van der Waals surface area contributed by atoms with Crippen LogP contribution in [0, 0.1) is 13.8 Å². The molecule has 0 bridgehead atoms. The van der Waals surface area contributed by atoms with Crippen LogP contribution in [-0.2, 0) is 11.2 Å². The summed E-state index contributed by atoms with van der Waals surface area (Å²) >= 11 is 1.36. The van der Waals surface area contributed by atoms with Crippen LogP contribution in [0.15, 0.2) is 23.3 Å². The number of esters is 1. The van der Waals surface area contributed by atoms with E-state index in [1.807, 2.05) is 40.0 Å². The van der Waals surface area contributed by atoms with E-state index in [9.17, 15) is 4.79 Å². The van der Waals surface area contributed by atoms with E-state index < -0.39 is 0 Å². The van der Waals surface area contributed by atoms with E-state index in [1.54, 1.807) is 6.92 Å². The molecule has 0 spiro atoms. The van der Waals surface area contributed by atoms with Crippen LogP contribution in [-0.4, -0.2) is 41.6 Å². The Morgan fingerprint density at radius 2 is 2.07 bits per heavy atom. The first-order valence-electron chi connectivity index (χ1n) is 9.55. The topological polar surface area (TPSA) is 88.5 Å². The molecule has 0 aliphatic rings. The van der Waals surface area contributed by atoms with Crippen molar-refractivity contribution in [2.75, 3.05) is 19.7 Å². The average molecular weight is 531 g/mol. The first-order valence-corrected chi connectivity index (χ1v) is 10.4. The Balaban J connectivity index is 0.00000420. The monoisotopic (exact) mass is 531 g/mol. The van der Waals surface area contributed by atoms with Crippen molar-refractivity contribution in [2.45, 2.75) is 47.1 Å². The second-order valence-electron chi connectivity index (χ2n) is 6.37. The molecule has 2 heterocycles. The molecule has 0 aliphatic carbocycles. The van der Waals surface area contributed by atoms with Gasteiger partial charge in [-0.2, -0.15) is 0 Å². The quantitative estimate of drug-likeness (QED) is 0.233. The largest absolute Gasteiger partial charge is 0.462 e. The summed E-state index contributed by atoms with van der Waals surface area (Å²) in [7, 11) is 0. The van der Waals surface area contributed by atoms with Crippen molar-refractivity contribution >= 4 is 47.2 Å². The normalized spacial score (nSPS) is 12.1. The van der Waals surface area contributed by atoms with Gasteiger partial charge in [0.05, 0.1) is 18.3 Å². The lowest BCUT2D eigenvalue weighted by molar-refractivity contribution is 0.0531. The van der Waals surface area contributed by atoms with Gasteiger partial charge in [0, 0.05) is 25.0 Å². The Kier molecular flexibility index (Phi) is 11.1. The van der Waals surface area contributed by atoms with Crippen LogP contribution in [0.2, 0.25) is 0 Å². The van der Waals surface area contributed by atoms with Gasteiger partial charge in [-0.3, -0.25) is 9.98 Å². The molecule has 1 atom stereocenters. The van der Waals surface area contributed by atoms with E-state index in [0.717, 1.165) is 35.2 Å². The van der Waals surface area contributed by atoms with Crippen molar-refractivity contribution in [3.05, 3.63) is 45.2 Å². The minimum atomic E-state index is -0.316. The van der Waals surface area contributed by atoms with Crippen LogP contribution < -0.4 is 10.6 Å². The molecule has 0 saturated heterocycles. The number of hydrogen-bond acceptors (Lipinski definition) is 6. The Morgan fingerprint density at radius 1 is 1.31 bits per heavy atom. The number of rotatable bonds is 8. The van der Waals surface area contributed by atoms with Crippen LogP contribution in [0.5, 0.6) is 0 Å². The highest BCUT2D eigenvalue weighted by Crippen LogP contribution is 2.24. The number of carbonyl (C=O) groups excluding carboxylic acids is 1. The number of aryl methyl sites for hydroxylation is 2. The van der Waals surface area contributed by atoms with E-state index in [2.05, 4.69) is 31.7 Å². The predicted octanol–water partition coefficient (Wildman–Crippen LogP) is 3.81. The molecule has 0 amide bonds. The van der Waals surface area contributed by atoms with Crippen LogP contribution in [0.4, 0.5) is 0 Å². The Morgan fingerprint density at radius 3 is 2.69 bits per heavy atom. The molecule has 1 unspecified atom stereocenters. The molecule has 29 heavy (non-hydrogen) atoms. The van der Waals surface area contributed by atoms with Crippen molar-refractivity contribution in [3.63, 3.8) is 0 Å². The molecule has 2 N–H and O–H groups in total. The molecule has 0 saturated carbocycles. The molecule has 0 aromatic carbocycles. The zero-order valence-electron chi connectivity index (χ0n) is 17.6. The molecular formula is C20H30IN5O2S. The highest BCUT2D eigenvalue weighted by Gasteiger charge is 2.20. The lowest BCUT2D eigenvalue weighted by Crippen LogP contribution is -2.38. The number of thiazole rings is 1. The number of nitrogens with one attached hydrogen (secondary N) is 2. The Hall–Kier alpha value is -1.75. The highest BCUT2D eigenvalue weighted by atomic mass is 127. The summed E-state index contributed by atoms with van der Waals surface area (Å²) in [6, 6.07) is 4.01. The minimum Gasteiger partial charge on any atom is -0.462 e. The maximum absolute atomic E-state index is 12.0. The molecule has 0 aliphatic heterocycles. The number of aromatic nitrogens is 2. The van der Waals surface area contributed by atoms with Gasteiger partial charge in [-0.1, -0.05) is 6.07 Å². The summed E-state index contributed by atoms with van der Waals surface area (Å²) < 4.78 is 5.09. The number of halogens is 1. The van der Waals surface area contributed by atoms with E-state index >= 15 is 0 Å². The van der Waals surface area contributed by atoms with Crippen LogP contribution in [0.1, 0.15) is 58.4 Å². The van der Waals surface area contributed by atoms with Crippen LogP contribution in [0.3, 0.4) is 0 Å². The number of guanidine groups is 1. The lowest BCUT2D eigenvalue weighted by Gasteiger charge is -2.16. The van der Waals surface area contributed by atoms with Crippen molar-refractivity contribution in [1.29, 1.82) is 0 Å². The van der Waals surface area contributed by atoms with Crippen LogP contribution in [0.25, 0.3) is 0 Å². The average Bonchev–Trinajstić information content (AvgIpc) is 3.06.